The van der Waals surface area contributed by atoms with Gasteiger partial charge < -0.3 is 4.74 Å². The first-order chi connectivity index (χ1) is 8.11. The zero-order valence-corrected chi connectivity index (χ0v) is 11.3. The Hall–Kier alpha value is -1.16. The van der Waals surface area contributed by atoms with E-state index in [0.717, 1.165) is 5.56 Å². The van der Waals surface area contributed by atoms with Crippen molar-refractivity contribution in [3.05, 3.63) is 29.8 Å². The Kier molecular flexibility index (Phi) is 5.35. The monoisotopic (exact) mass is 254 g/mol. The molecular formula is C13H18O3S. The number of carbonyl (C=O) groups excluding carboxylic acids is 1. The summed E-state index contributed by atoms with van der Waals surface area (Å²) in [4.78, 5) is 12.4. The number of benzene rings is 1. The van der Waals surface area contributed by atoms with Gasteiger partial charge in [-0.25, -0.2) is 0 Å². The predicted octanol–water partition coefficient (Wildman–Crippen LogP) is 2.44. The van der Waals surface area contributed by atoms with Gasteiger partial charge in [0.2, 0.25) is 0 Å². The molecule has 0 fully saturated rings. The third-order valence-electron chi connectivity index (χ3n) is 2.49. The van der Waals surface area contributed by atoms with Crippen LogP contribution in [0.1, 0.15) is 25.8 Å². The van der Waals surface area contributed by atoms with Gasteiger partial charge >= 0.3 is 5.97 Å². The van der Waals surface area contributed by atoms with Gasteiger partial charge in [0.05, 0.1) is 17.4 Å². The summed E-state index contributed by atoms with van der Waals surface area (Å²) < 4.78 is 17.3. The van der Waals surface area contributed by atoms with Crippen LogP contribution in [0.4, 0.5) is 0 Å². The lowest BCUT2D eigenvalue weighted by molar-refractivity contribution is -0.142. The van der Waals surface area contributed by atoms with E-state index in [1.807, 2.05) is 32.0 Å². The van der Waals surface area contributed by atoms with E-state index in [4.69, 9.17) is 4.74 Å². The molecule has 3 nitrogen and oxygen atoms in total. The molecule has 0 spiro atoms. The Bertz CT molecular complexity index is 415. The number of rotatable bonds is 5. The number of hydrogen-bond donors (Lipinski definition) is 0. The van der Waals surface area contributed by atoms with Crippen LogP contribution < -0.4 is 0 Å². The van der Waals surface area contributed by atoms with E-state index < -0.39 is 16.0 Å². The molecule has 0 radical (unpaired) electrons. The normalized spacial score (nSPS) is 14.1. The Morgan fingerprint density at radius 1 is 1.35 bits per heavy atom. The lowest BCUT2D eigenvalue weighted by atomic mass is 10.2. The zero-order chi connectivity index (χ0) is 12.8. The van der Waals surface area contributed by atoms with E-state index in [1.54, 1.807) is 13.0 Å². The van der Waals surface area contributed by atoms with E-state index in [9.17, 15) is 9.00 Å². The summed E-state index contributed by atoms with van der Waals surface area (Å²) in [5.41, 5.74) is 0.939. The predicted molar refractivity (Wildman–Crippen MR) is 68.3 cm³/mol. The minimum Gasteiger partial charge on any atom is -0.465 e. The van der Waals surface area contributed by atoms with Crippen molar-refractivity contribution in [1.82, 2.24) is 0 Å². The van der Waals surface area contributed by atoms with Gasteiger partial charge in [-0.05, 0) is 31.9 Å². The molecule has 1 rings (SSSR count). The van der Waals surface area contributed by atoms with Crippen molar-refractivity contribution >= 4 is 16.8 Å². The van der Waals surface area contributed by atoms with E-state index >= 15 is 0 Å². The summed E-state index contributed by atoms with van der Waals surface area (Å²) in [6, 6.07) is 7.41. The number of aryl methyl sites for hydroxylation is 1. The largest absolute Gasteiger partial charge is 0.465 e. The van der Waals surface area contributed by atoms with Crippen LogP contribution in [0.3, 0.4) is 0 Å². The second-order valence-corrected chi connectivity index (χ2v) is 5.32. The second-order valence-electron chi connectivity index (χ2n) is 3.71. The summed E-state index contributed by atoms with van der Waals surface area (Å²) in [6.07, 6.45) is 0.514. The smallest absolute Gasteiger partial charge is 0.322 e. The lowest BCUT2D eigenvalue weighted by Gasteiger charge is -2.14. The van der Waals surface area contributed by atoms with Crippen LogP contribution in [0.25, 0.3) is 0 Å². The van der Waals surface area contributed by atoms with Crippen molar-refractivity contribution in [2.75, 3.05) is 6.61 Å². The zero-order valence-electron chi connectivity index (χ0n) is 10.4. The van der Waals surface area contributed by atoms with Gasteiger partial charge in [0, 0.05) is 4.90 Å². The fourth-order valence-corrected chi connectivity index (χ4v) is 3.03. The standard InChI is InChI=1S/C13H18O3S/c1-4-11(13(14)16-5-2)17(15)12-9-7-6-8-10(12)3/h6-9,11H,4-5H2,1-3H3. The molecule has 17 heavy (non-hydrogen) atoms. The van der Waals surface area contributed by atoms with Gasteiger partial charge in [0.25, 0.3) is 0 Å². The van der Waals surface area contributed by atoms with Crippen LogP contribution in [0.15, 0.2) is 29.2 Å². The van der Waals surface area contributed by atoms with Crippen LogP contribution in [0.5, 0.6) is 0 Å². The highest BCUT2D eigenvalue weighted by Crippen LogP contribution is 2.18. The summed E-state index contributed by atoms with van der Waals surface area (Å²) in [7, 11) is -1.34. The van der Waals surface area contributed by atoms with E-state index in [-0.39, 0.29) is 5.97 Å². The molecule has 0 saturated carbocycles. The molecule has 0 aromatic heterocycles. The number of esters is 1. The van der Waals surface area contributed by atoms with E-state index in [0.29, 0.717) is 17.9 Å². The molecular weight excluding hydrogens is 236 g/mol. The molecule has 4 heteroatoms. The van der Waals surface area contributed by atoms with Gasteiger partial charge in [0.15, 0.2) is 0 Å². The summed E-state index contributed by atoms with van der Waals surface area (Å²) >= 11 is 0. The van der Waals surface area contributed by atoms with Crippen LogP contribution in [0.2, 0.25) is 0 Å². The average molecular weight is 254 g/mol. The Labute approximate surface area is 105 Å². The average Bonchev–Trinajstić information content (AvgIpc) is 2.30. The van der Waals surface area contributed by atoms with Crippen LogP contribution in [-0.2, 0) is 20.3 Å². The number of hydrogen-bond acceptors (Lipinski definition) is 3. The van der Waals surface area contributed by atoms with Gasteiger partial charge in [0.1, 0.15) is 5.25 Å². The molecule has 0 bridgehead atoms. The molecule has 2 unspecified atom stereocenters. The van der Waals surface area contributed by atoms with Gasteiger partial charge in [-0.15, -0.1) is 0 Å². The first-order valence-electron chi connectivity index (χ1n) is 5.74. The Balaban J connectivity index is 2.94. The van der Waals surface area contributed by atoms with Crippen LogP contribution >= 0.6 is 0 Å². The Morgan fingerprint density at radius 3 is 2.53 bits per heavy atom. The molecule has 1 aromatic carbocycles. The molecule has 2 atom stereocenters. The van der Waals surface area contributed by atoms with Crippen LogP contribution in [-0.4, -0.2) is 22.0 Å². The minimum absolute atomic E-state index is 0.320. The summed E-state index contributed by atoms with van der Waals surface area (Å²) in [5.74, 6) is -0.378. The summed E-state index contributed by atoms with van der Waals surface area (Å²) in [5, 5.41) is -0.573. The van der Waals surface area contributed by atoms with Crippen molar-refractivity contribution in [3.63, 3.8) is 0 Å². The first-order valence-corrected chi connectivity index (χ1v) is 6.95. The maximum Gasteiger partial charge on any atom is 0.322 e. The molecule has 0 heterocycles. The van der Waals surface area contributed by atoms with Crippen molar-refractivity contribution < 1.29 is 13.7 Å². The highest BCUT2D eigenvalue weighted by molar-refractivity contribution is 7.86. The van der Waals surface area contributed by atoms with Crippen molar-refractivity contribution in [1.29, 1.82) is 0 Å². The maximum absolute atomic E-state index is 12.3. The molecule has 0 aliphatic rings. The third-order valence-corrected chi connectivity index (χ3v) is 4.42. The topological polar surface area (TPSA) is 43.4 Å². The Morgan fingerprint density at radius 2 is 2.00 bits per heavy atom. The first kappa shape index (κ1) is 13.9. The van der Waals surface area contributed by atoms with E-state index in [1.165, 1.54) is 0 Å². The van der Waals surface area contributed by atoms with Crippen LogP contribution in [0, 0.1) is 6.92 Å². The molecule has 0 aliphatic carbocycles. The van der Waals surface area contributed by atoms with Crippen molar-refractivity contribution in [2.24, 2.45) is 0 Å². The van der Waals surface area contributed by atoms with E-state index in [2.05, 4.69) is 0 Å². The van der Waals surface area contributed by atoms with Gasteiger partial charge in [-0.2, -0.15) is 0 Å². The second kappa shape index (κ2) is 6.55. The maximum atomic E-state index is 12.3. The number of carbonyl (C=O) groups is 1. The molecule has 0 aliphatic heterocycles. The molecule has 0 amide bonds. The van der Waals surface area contributed by atoms with Gasteiger partial charge in [-0.3, -0.25) is 9.00 Å². The fraction of sp³-hybridized carbons (Fsp3) is 0.462. The minimum atomic E-state index is -1.34. The highest BCUT2D eigenvalue weighted by atomic mass is 32.2. The lowest BCUT2D eigenvalue weighted by Crippen LogP contribution is -2.27. The molecule has 0 N–H and O–H groups in total. The summed E-state index contributed by atoms with van der Waals surface area (Å²) in [6.45, 7) is 5.81. The van der Waals surface area contributed by atoms with Gasteiger partial charge in [-0.1, -0.05) is 25.1 Å². The molecule has 94 valence electrons. The van der Waals surface area contributed by atoms with Crippen molar-refractivity contribution in [3.8, 4) is 0 Å². The molecule has 0 saturated heterocycles. The SMILES string of the molecule is CCOC(=O)C(CC)S(=O)c1ccccc1C. The number of ether oxygens (including phenoxy) is 1. The highest BCUT2D eigenvalue weighted by Gasteiger charge is 2.26. The quantitative estimate of drug-likeness (QED) is 0.758. The van der Waals surface area contributed by atoms with Crippen molar-refractivity contribution in [2.45, 2.75) is 37.3 Å². The molecule has 1 aromatic rings. The fourth-order valence-electron chi connectivity index (χ4n) is 1.58. The third kappa shape index (κ3) is 3.40.